The van der Waals surface area contributed by atoms with Crippen molar-refractivity contribution in [3.05, 3.63) is 17.3 Å². The summed E-state index contributed by atoms with van der Waals surface area (Å²) in [4.78, 5) is 14.1. The number of rotatable bonds is 4. The van der Waals surface area contributed by atoms with Crippen molar-refractivity contribution in [1.29, 1.82) is 0 Å². The standard InChI is InChI=1S/C12H19ClN6O/c1-2-19-7-3-4-9(8-19)14-12(20)18-17-11-6-5-10(13)15-16-11/h5-6,9H,2-4,7-8H2,1H3,(H,16,17)(H2,14,18,20). The van der Waals surface area contributed by atoms with Crippen LogP contribution >= 0.6 is 11.6 Å². The molecule has 1 aromatic heterocycles. The molecule has 7 nitrogen and oxygen atoms in total. The van der Waals surface area contributed by atoms with Crippen molar-refractivity contribution >= 4 is 23.4 Å². The minimum absolute atomic E-state index is 0.182. The van der Waals surface area contributed by atoms with E-state index in [1.807, 2.05) is 0 Å². The van der Waals surface area contributed by atoms with Crippen molar-refractivity contribution in [2.24, 2.45) is 0 Å². The first-order valence-electron chi connectivity index (χ1n) is 6.71. The quantitative estimate of drug-likeness (QED) is 0.729. The number of anilines is 1. The molecular formula is C12H19ClN6O. The first-order valence-corrected chi connectivity index (χ1v) is 7.09. The third kappa shape index (κ3) is 4.50. The molecule has 3 N–H and O–H groups in total. The van der Waals surface area contributed by atoms with Crippen LogP contribution in [-0.2, 0) is 0 Å². The average molecular weight is 299 g/mol. The number of hydrogen-bond donors (Lipinski definition) is 3. The zero-order chi connectivity index (χ0) is 14.4. The van der Waals surface area contributed by atoms with Gasteiger partial charge in [0, 0.05) is 12.6 Å². The van der Waals surface area contributed by atoms with Crippen LogP contribution in [0.5, 0.6) is 0 Å². The Bertz CT molecular complexity index is 440. The zero-order valence-corrected chi connectivity index (χ0v) is 12.2. The van der Waals surface area contributed by atoms with E-state index >= 15 is 0 Å². The molecule has 2 amide bonds. The van der Waals surface area contributed by atoms with E-state index in [0.29, 0.717) is 11.0 Å². The highest BCUT2D eigenvalue weighted by atomic mass is 35.5. The van der Waals surface area contributed by atoms with Crippen LogP contribution < -0.4 is 16.2 Å². The lowest BCUT2D eigenvalue weighted by molar-refractivity contribution is 0.193. The highest BCUT2D eigenvalue weighted by Crippen LogP contribution is 2.09. The number of nitrogens with one attached hydrogen (secondary N) is 3. The average Bonchev–Trinajstić information content (AvgIpc) is 2.47. The van der Waals surface area contributed by atoms with Gasteiger partial charge in [-0.3, -0.25) is 10.9 Å². The predicted molar refractivity (Wildman–Crippen MR) is 77.5 cm³/mol. The minimum atomic E-state index is -0.273. The highest BCUT2D eigenvalue weighted by molar-refractivity contribution is 6.29. The van der Waals surface area contributed by atoms with Crippen LogP contribution in [0.1, 0.15) is 19.8 Å². The van der Waals surface area contributed by atoms with E-state index in [9.17, 15) is 4.79 Å². The second-order valence-corrected chi connectivity index (χ2v) is 5.08. The van der Waals surface area contributed by atoms with Crippen molar-refractivity contribution in [2.75, 3.05) is 25.1 Å². The van der Waals surface area contributed by atoms with Gasteiger partial charge in [-0.2, -0.15) is 0 Å². The van der Waals surface area contributed by atoms with E-state index in [1.165, 1.54) is 0 Å². The molecule has 0 radical (unpaired) electrons. The zero-order valence-electron chi connectivity index (χ0n) is 11.4. The molecule has 0 bridgehead atoms. The van der Waals surface area contributed by atoms with Gasteiger partial charge in [0.1, 0.15) is 0 Å². The topological polar surface area (TPSA) is 82.2 Å². The Balaban J connectivity index is 1.73. The Morgan fingerprint density at radius 1 is 1.50 bits per heavy atom. The summed E-state index contributed by atoms with van der Waals surface area (Å²) in [5.41, 5.74) is 5.21. The van der Waals surface area contributed by atoms with Gasteiger partial charge < -0.3 is 10.2 Å². The van der Waals surface area contributed by atoms with Crippen molar-refractivity contribution < 1.29 is 4.79 Å². The van der Waals surface area contributed by atoms with Crippen molar-refractivity contribution in [2.45, 2.75) is 25.8 Å². The summed E-state index contributed by atoms with van der Waals surface area (Å²) in [6, 6.07) is 3.14. The SMILES string of the molecule is CCN1CCCC(NC(=O)NNc2ccc(Cl)nn2)C1. The van der Waals surface area contributed by atoms with Gasteiger partial charge in [-0.25, -0.2) is 4.79 Å². The van der Waals surface area contributed by atoms with Gasteiger partial charge >= 0.3 is 6.03 Å². The number of likely N-dealkylation sites (N-methyl/N-ethyl adjacent to an activating group) is 1. The molecule has 1 aliphatic heterocycles. The van der Waals surface area contributed by atoms with Gasteiger partial charge in [0.05, 0.1) is 0 Å². The number of amides is 2. The van der Waals surface area contributed by atoms with Crippen molar-refractivity contribution in [3.63, 3.8) is 0 Å². The summed E-state index contributed by atoms with van der Waals surface area (Å²) in [5.74, 6) is 0.434. The number of hydrazine groups is 1. The van der Waals surface area contributed by atoms with Gasteiger partial charge in [0.2, 0.25) is 0 Å². The molecule has 1 aromatic rings. The summed E-state index contributed by atoms with van der Waals surface area (Å²) in [7, 11) is 0. The summed E-state index contributed by atoms with van der Waals surface area (Å²) in [6.45, 7) is 5.14. The molecule has 0 saturated carbocycles. The smallest absolute Gasteiger partial charge is 0.333 e. The van der Waals surface area contributed by atoms with Crippen LogP contribution in [0.3, 0.4) is 0 Å². The Hall–Kier alpha value is -1.60. The first-order chi connectivity index (χ1) is 9.67. The number of piperidine rings is 1. The van der Waals surface area contributed by atoms with E-state index in [4.69, 9.17) is 11.6 Å². The summed E-state index contributed by atoms with van der Waals surface area (Å²) < 4.78 is 0. The predicted octanol–water partition coefficient (Wildman–Crippen LogP) is 1.24. The Morgan fingerprint density at radius 3 is 3.05 bits per heavy atom. The molecule has 1 unspecified atom stereocenters. The van der Waals surface area contributed by atoms with Crippen LogP contribution in [0.25, 0.3) is 0 Å². The van der Waals surface area contributed by atoms with Crippen LogP contribution in [0.2, 0.25) is 5.15 Å². The Labute approximate surface area is 123 Å². The van der Waals surface area contributed by atoms with Crippen LogP contribution in [0.15, 0.2) is 12.1 Å². The lowest BCUT2D eigenvalue weighted by Gasteiger charge is -2.32. The largest absolute Gasteiger partial charge is 0.333 e. The molecular weight excluding hydrogens is 280 g/mol. The third-order valence-corrected chi connectivity index (χ3v) is 3.43. The van der Waals surface area contributed by atoms with E-state index in [-0.39, 0.29) is 12.1 Å². The van der Waals surface area contributed by atoms with Gasteiger partial charge in [0.15, 0.2) is 11.0 Å². The fourth-order valence-corrected chi connectivity index (χ4v) is 2.29. The van der Waals surface area contributed by atoms with Crippen LogP contribution in [0.4, 0.5) is 10.6 Å². The molecule has 20 heavy (non-hydrogen) atoms. The molecule has 1 aliphatic rings. The normalized spacial score (nSPS) is 19.4. The van der Waals surface area contributed by atoms with Crippen molar-refractivity contribution in [1.82, 2.24) is 25.8 Å². The number of nitrogens with zero attached hydrogens (tertiary/aromatic N) is 3. The van der Waals surface area contributed by atoms with E-state index in [1.54, 1.807) is 12.1 Å². The second kappa shape index (κ2) is 7.25. The summed E-state index contributed by atoms with van der Waals surface area (Å²) in [5, 5.41) is 10.7. The molecule has 1 saturated heterocycles. The lowest BCUT2D eigenvalue weighted by atomic mass is 10.1. The maximum atomic E-state index is 11.8. The first kappa shape index (κ1) is 14.8. The number of urea groups is 1. The maximum absolute atomic E-state index is 11.8. The van der Waals surface area contributed by atoms with Gasteiger partial charge in [-0.1, -0.05) is 18.5 Å². The molecule has 8 heteroatoms. The number of hydrogen-bond acceptors (Lipinski definition) is 5. The molecule has 2 rings (SSSR count). The molecule has 0 aromatic carbocycles. The monoisotopic (exact) mass is 298 g/mol. The van der Waals surface area contributed by atoms with Gasteiger partial charge in [0.25, 0.3) is 0 Å². The van der Waals surface area contributed by atoms with Crippen LogP contribution in [0, 0.1) is 0 Å². The summed E-state index contributed by atoms with van der Waals surface area (Å²) >= 11 is 5.62. The van der Waals surface area contributed by atoms with E-state index < -0.39 is 0 Å². The minimum Gasteiger partial charge on any atom is -0.333 e. The molecule has 1 atom stereocenters. The fourth-order valence-electron chi connectivity index (χ4n) is 2.19. The number of carbonyl (C=O) groups excluding carboxylic acids is 1. The Morgan fingerprint density at radius 2 is 2.35 bits per heavy atom. The lowest BCUT2D eigenvalue weighted by Crippen LogP contribution is -2.51. The molecule has 2 heterocycles. The van der Waals surface area contributed by atoms with Crippen molar-refractivity contribution in [3.8, 4) is 0 Å². The molecule has 110 valence electrons. The van der Waals surface area contributed by atoms with Crippen LogP contribution in [-0.4, -0.2) is 46.8 Å². The molecule has 1 fully saturated rings. The molecule has 0 spiro atoms. The number of aromatic nitrogens is 2. The van der Waals surface area contributed by atoms with E-state index in [2.05, 4.69) is 38.2 Å². The molecule has 0 aliphatic carbocycles. The number of carbonyl (C=O) groups is 1. The second-order valence-electron chi connectivity index (χ2n) is 4.70. The van der Waals surface area contributed by atoms with E-state index in [0.717, 1.165) is 32.5 Å². The maximum Gasteiger partial charge on any atom is 0.333 e. The number of halogens is 1. The van der Waals surface area contributed by atoms with Gasteiger partial charge in [-0.05, 0) is 38.1 Å². The van der Waals surface area contributed by atoms with Gasteiger partial charge in [-0.15, -0.1) is 10.2 Å². The fraction of sp³-hybridized carbons (Fsp3) is 0.583. The third-order valence-electron chi connectivity index (χ3n) is 3.22. The number of likely N-dealkylation sites (tertiary alicyclic amines) is 1. The summed E-state index contributed by atoms with van der Waals surface area (Å²) in [6.07, 6.45) is 2.11. The Kier molecular flexibility index (Phi) is 5.37. The highest BCUT2D eigenvalue weighted by Gasteiger charge is 2.20.